The molecule has 3 heteroatoms. The fourth-order valence-corrected chi connectivity index (χ4v) is 11.7. The van der Waals surface area contributed by atoms with Crippen LogP contribution in [0.5, 0.6) is 0 Å². The van der Waals surface area contributed by atoms with E-state index in [1.54, 1.807) is 5.56 Å². The fourth-order valence-electron chi connectivity index (χ4n) is 11.7. The first-order valence-electron chi connectivity index (χ1n) is 20.7. The van der Waals surface area contributed by atoms with Gasteiger partial charge in [-0.1, -0.05) is 111 Å². The van der Waals surface area contributed by atoms with Crippen molar-refractivity contribution in [2.75, 3.05) is 4.90 Å². The molecule has 2 saturated carbocycles. The Labute approximate surface area is 317 Å². The van der Waals surface area contributed by atoms with Crippen LogP contribution < -0.4 is 21.3 Å². The minimum Gasteiger partial charge on any atom is -0.339 e. The third-order valence-corrected chi connectivity index (χ3v) is 14.6. The van der Waals surface area contributed by atoms with Gasteiger partial charge in [0.15, 0.2) is 0 Å². The standard InChI is InChI=1S/C50H55BN2/c1-48(2,3)33-14-16-41-37(24-33)38-25-35(50(7,8)9)27-40-47(38)53(41)45-23-32(36-20-28-10-12-30(36)18-28)22-44-46(45)51(40)39-26-34(49(4,5)6)15-17-42(39)52(44)43-21-29-11-13-31(43)19-29/h10-17,22-31,36,43H,18-21H2,1-9H3. The molecule has 6 unspecified atom stereocenters. The Balaban J connectivity index is 1.29. The van der Waals surface area contributed by atoms with E-state index < -0.39 is 0 Å². The number of nitrogens with zero attached hydrogens (tertiary/aromatic N) is 2. The Morgan fingerprint density at radius 2 is 1.17 bits per heavy atom. The smallest absolute Gasteiger partial charge is 0.252 e. The third-order valence-electron chi connectivity index (χ3n) is 14.6. The number of allylic oxidation sites excluding steroid dienone is 3. The van der Waals surface area contributed by atoms with Gasteiger partial charge in [0.25, 0.3) is 6.71 Å². The Kier molecular flexibility index (Phi) is 6.37. The highest BCUT2D eigenvalue weighted by molar-refractivity contribution is 7.00. The molecular formula is C50H55BN2. The van der Waals surface area contributed by atoms with Crippen LogP contribution in [0.1, 0.15) is 116 Å². The molecule has 53 heavy (non-hydrogen) atoms. The van der Waals surface area contributed by atoms with Crippen LogP contribution in [0.4, 0.5) is 11.4 Å². The Morgan fingerprint density at radius 3 is 1.81 bits per heavy atom. The van der Waals surface area contributed by atoms with Gasteiger partial charge in [0.2, 0.25) is 0 Å². The van der Waals surface area contributed by atoms with Gasteiger partial charge in [0.1, 0.15) is 0 Å². The number of fused-ring (bicyclic) bond motifs is 11. The van der Waals surface area contributed by atoms with Gasteiger partial charge in [0, 0.05) is 39.4 Å². The zero-order chi connectivity index (χ0) is 36.5. The minimum atomic E-state index is 0.0230. The number of hydrogen-bond acceptors (Lipinski definition) is 1. The molecule has 0 saturated heterocycles. The first-order valence-corrected chi connectivity index (χ1v) is 20.7. The van der Waals surface area contributed by atoms with E-state index >= 15 is 0 Å². The fraction of sp³-hybridized carbons (Fsp3) is 0.440. The predicted octanol–water partition coefficient (Wildman–Crippen LogP) is 10.6. The third kappa shape index (κ3) is 4.52. The molecule has 11 rings (SSSR count). The van der Waals surface area contributed by atoms with Crippen LogP contribution in [-0.2, 0) is 16.2 Å². The average molecular weight is 695 g/mol. The van der Waals surface area contributed by atoms with Crippen molar-refractivity contribution in [3.05, 3.63) is 107 Å². The van der Waals surface area contributed by atoms with Gasteiger partial charge in [0.05, 0.1) is 5.52 Å². The van der Waals surface area contributed by atoms with Crippen molar-refractivity contribution in [2.45, 2.75) is 116 Å². The lowest BCUT2D eigenvalue weighted by molar-refractivity contribution is 0.559. The molecule has 4 bridgehead atoms. The summed E-state index contributed by atoms with van der Waals surface area (Å²) in [7, 11) is 0. The summed E-state index contributed by atoms with van der Waals surface area (Å²) in [5, 5.41) is 2.82. The van der Waals surface area contributed by atoms with Crippen LogP contribution in [-0.4, -0.2) is 17.3 Å². The summed E-state index contributed by atoms with van der Waals surface area (Å²) in [5.41, 5.74) is 17.7. The predicted molar refractivity (Wildman–Crippen MR) is 227 cm³/mol. The molecule has 3 heterocycles. The van der Waals surface area contributed by atoms with Crippen LogP contribution in [0, 0.1) is 23.7 Å². The topological polar surface area (TPSA) is 8.17 Å². The SMILES string of the molecule is CC(C)(C)c1ccc2c(c1)B1c3c(cc(C4CC5C=CC4C5)cc3-n3c4ccc(C(C)(C)C)cc4c4cc(C(C)(C)C)cc1c43)N2C1CC2C=CC1C2. The van der Waals surface area contributed by atoms with Crippen molar-refractivity contribution < 1.29 is 0 Å². The number of hydrogen-bond donors (Lipinski definition) is 0. The summed E-state index contributed by atoms with van der Waals surface area (Å²) in [4.78, 5) is 2.89. The highest BCUT2D eigenvalue weighted by atomic mass is 15.2. The van der Waals surface area contributed by atoms with Gasteiger partial charge in [-0.15, -0.1) is 0 Å². The highest BCUT2D eigenvalue weighted by Crippen LogP contribution is 2.52. The molecule has 2 aliphatic heterocycles. The Hall–Kier alpha value is -3.98. The van der Waals surface area contributed by atoms with Crippen molar-refractivity contribution in [3.63, 3.8) is 0 Å². The maximum atomic E-state index is 2.89. The molecule has 0 radical (unpaired) electrons. The molecule has 4 aromatic carbocycles. The molecule has 268 valence electrons. The van der Waals surface area contributed by atoms with Crippen molar-refractivity contribution in [1.82, 2.24) is 4.57 Å². The Bertz CT molecular complexity index is 2470. The zero-order valence-corrected chi connectivity index (χ0v) is 33.3. The Morgan fingerprint density at radius 1 is 0.547 bits per heavy atom. The second kappa shape index (κ2) is 10.4. The summed E-state index contributed by atoms with van der Waals surface area (Å²) in [6.07, 6.45) is 15.3. The summed E-state index contributed by atoms with van der Waals surface area (Å²) >= 11 is 0. The monoisotopic (exact) mass is 694 g/mol. The van der Waals surface area contributed by atoms with Gasteiger partial charge in [-0.25, -0.2) is 0 Å². The van der Waals surface area contributed by atoms with Gasteiger partial charge in [-0.05, 0) is 147 Å². The molecule has 6 atom stereocenters. The molecule has 6 aliphatic rings. The van der Waals surface area contributed by atoms with Crippen molar-refractivity contribution in [2.24, 2.45) is 23.7 Å². The van der Waals surface area contributed by atoms with Crippen LogP contribution in [0.25, 0.3) is 27.5 Å². The van der Waals surface area contributed by atoms with Gasteiger partial charge in [-0.3, -0.25) is 0 Å². The highest BCUT2D eigenvalue weighted by Gasteiger charge is 2.48. The summed E-state index contributed by atoms with van der Waals surface area (Å²) in [5.74, 6) is 3.29. The number of aromatic nitrogens is 1. The van der Waals surface area contributed by atoms with E-state index in [0.717, 1.165) is 5.92 Å². The maximum absolute atomic E-state index is 2.89. The summed E-state index contributed by atoms with van der Waals surface area (Å²) < 4.78 is 2.73. The zero-order valence-electron chi connectivity index (χ0n) is 33.3. The molecule has 0 amide bonds. The number of benzene rings is 4. The number of anilines is 2. The first-order chi connectivity index (χ1) is 25.1. The molecule has 0 spiro atoms. The molecule has 2 fully saturated rings. The van der Waals surface area contributed by atoms with Gasteiger partial charge in [-0.2, -0.15) is 0 Å². The van der Waals surface area contributed by atoms with Crippen molar-refractivity contribution >= 4 is 56.3 Å². The van der Waals surface area contributed by atoms with Crippen molar-refractivity contribution in [3.8, 4) is 5.69 Å². The first kappa shape index (κ1) is 32.5. The molecule has 1 aromatic heterocycles. The van der Waals surface area contributed by atoms with Gasteiger partial charge >= 0.3 is 0 Å². The van der Waals surface area contributed by atoms with E-state index in [2.05, 4.69) is 157 Å². The van der Waals surface area contributed by atoms with E-state index in [4.69, 9.17) is 0 Å². The van der Waals surface area contributed by atoms with E-state index in [0.29, 0.717) is 29.7 Å². The molecule has 4 aliphatic carbocycles. The second-order valence-corrected chi connectivity index (χ2v) is 21.1. The van der Waals surface area contributed by atoms with Crippen LogP contribution in [0.15, 0.2) is 85.0 Å². The molecule has 2 nitrogen and oxygen atoms in total. The largest absolute Gasteiger partial charge is 0.339 e. The van der Waals surface area contributed by atoms with Crippen LogP contribution >= 0.6 is 0 Å². The van der Waals surface area contributed by atoms with Crippen LogP contribution in [0.3, 0.4) is 0 Å². The second-order valence-electron chi connectivity index (χ2n) is 21.1. The quantitative estimate of drug-likeness (QED) is 0.129. The lowest BCUT2D eigenvalue weighted by Gasteiger charge is -2.45. The lowest BCUT2D eigenvalue weighted by atomic mass is 9.33. The molecular weight excluding hydrogens is 639 g/mol. The van der Waals surface area contributed by atoms with Gasteiger partial charge < -0.3 is 9.47 Å². The number of rotatable bonds is 2. The lowest BCUT2D eigenvalue weighted by Crippen LogP contribution is -2.62. The van der Waals surface area contributed by atoms with E-state index in [1.807, 2.05) is 0 Å². The maximum Gasteiger partial charge on any atom is 0.252 e. The normalized spacial score (nSPS) is 26.4. The average Bonchev–Trinajstić information content (AvgIpc) is 3.95. The minimum absolute atomic E-state index is 0.0230. The summed E-state index contributed by atoms with van der Waals surface area (Å²) in [6.45, 7) is 21.6. The molecule has 0 N–H and O–H groups in total. The van der Waals surface area contributed by atoms with Crippen LogP contribution in [0.2, 0.25) is 0 Å². The van der Waals surface area contributed by atoms with Crippen molar-refractivity contribution in [1.29, 1.82) is 0 Å². The van der Waals surface area contributed by atoms with E-state index in [9.17, 15) is 0 Å². The van der Waals surface area contributed by atoms with E-state index in [1.165, 1.54) is 97.6 Å². The summed E-state index contributed by atoms with van der Waals surface area (Å²) in [6, 6.07) is 26.1. The van der Waals surface area contributed by atoms with E-state index in [-0.39, 0.29) is 23.0 Å². The molecule has 5 aromatic rings.